The third kappa shape index (κ3) is 3.35. The number of methoxy groups -OCH3 is 2. The van der Waals surface area contributed by atoms with E-state index in [0.717, 1.165) is 22.3 Å². The molecule has 7 heteroatoms. The van der Waals surface area contributed by atoms with Crippen molar-refractivity contribution in [1.29, 1.82) is 0 Å². The molecule has 1 aliphatic heterocycles. The summed E-state index contributed by atoms with van der Waals surface area (Å²) >= 11 is 0. The van der Waals surface area contributed by atoms with E-state index >= 15 is 0 Å². The summed E-state index contributed by atoms with van der Waals surface area (Å²) in [6.07, 6.45) is 0. The lowest BCUT2D eigenvalue weighted by atomic mass is 9.48. The minimum absolute atomic E-state index is 0.219. The quantitative estimate of drug-likeness (QED) is 0.324. The molecule has 4 aliphatic rings. The Kier molecular flexibility index (Phi) is 5.54. The molecule has 3 aliphatic carbocycles. The van der Waals surface area contributed by atoms with E-state index < -0.39 is 17.2 Å². The molecule has 8 rings (SSSR count). The summed E-state index contributed by atoms with van der Waals surface area (Å²) < 4.78 is 10.7. The summed E-state index contributed by atoms with van der Waals surface area (Å²) in [5, 5.41) is 2.88. The van der Waals surface area contributed by atoms with E-state index in [2.05, 4.69) is 29.6 Å². The lowest BCUT2D eigenvalue weighted by Gasteiger charge is -2.51. The standard InChI is InChI=1S/C34H28N2O5/c1-34-29-22-12-6-4-10-20(22)28(21-11-5-7-13-23(21)29)30(34)32(38)36(33(34)39)26-15-9-8-14-24(26)31(37)35-25-17-16-19(40-2)18-27(25)41-3/h4-18,28-30H,1-3H3,(H,35,37)/t28?,29?,30-,34-/m1/s1. The van der Waals surface area contributed by atoms with E-state index in [1.54, 1.807) is 49.6 Å². The Labute approximate surface area is 237 Å². The van der Waals surface area contributed by atoms with Gasteiger partial charge in [0.25, 0.3) is 5.91 Å². The molecule has 0 aromatic heterocycles. The average Bonchev–Trinajstić information content (AvgIpc) is 3.22. The number of amides is 3. The van der Waals surface area contributed by atoms with Crippen LogP contribution in [0, 0.1) is 11.3 Å². The second-order valence-corrected chi connectivity index (χ2v) is 10.9. The molecule has 41 heavy (non-hydrogen) atoms. The van der Waals surface area contributed by atoms with Crippen LogP contribution < -0.4 is 19.7 Å². The van der Waals surface area contributed by atoms with E-state index in [1.165, 1.54) is 12.0 Å². The Hall–Kier alpha value is -4.91. The topological polar surface area (TPSA) is 84.9 Å². The van der Waals surface area contributed by atoms with Crippen molar-refractivity contribution >= 4 is 29.1 Å². The summed E-state index contributed by atoms with van der Waals surface area (Å²) in [6.45, 7) is 1.92. The summed E-state index contributed by atoms with van der Waals surface area (Å²) in [5.74, 6) is -1.11. The van der Waals surface area contributed by atoms with Gasteiger partial charge in [-0.05, 0) is 53.4 Å². The Morgan fingerprint density at radius 1 is 0.805 bits per heavy atom. The highest BCUT2D eigenvalue weighted by molar-refractivity contribution is 6.27. The number of hydrogen-bond donors (Lipinski definition) is 1. The van der Waals surface area contributed by atoms with Crippen LogP contribution in [0.4, 0.5) is 11.4 Å². The van der Waals surface area contributed by atoms with Crippen LogP contribution >= 0.6 is 0 Å². The van der Waals surface area contributed by atoms with Gasteiger partial charge in [0.1, 0.15) is 11.5 Å². The summed E-state index contributed by atoms with van der Waals surface area (Å²) in [7, 11) is 3.06. The molecule has 0 saturated carbocycles. The first-order valence-corrected chi connectivity index (χ1v) is 13.6. The number of anilines is 2. The number of para-hydroxylation sites is 1. The lowest BCUT2D eigenvalue weighted by Crippen LogP contribution is -2.49. The van der Waals surface area contributed by atoms with Gasteiger partial charge in [-0.15, -0.1) is 0 Å². The normalized spacial score (nSPS) is 23.5. The molecular formula is C34H28N2O5. The minimum atomic E-state index is -0.993. The van der Waals surface area contributed by atoms with Crippen molar-refractivity contribution in [2.24, 2.45) is 11.3 Å². The minimum Gasteiger partial charge on any atom is -0.497 e. The van der Waals surface area contributed by atoms with Crippen LogP contribution in [-0.2, 0) is 9.59 Å². The highest BCUT2D eigenvalue weighted by Crippen LogP contribution is 2.67. The fraction of sp³-hybridized carbons (Fsp3) is 0.206. The molecule has 4 aromatic carbocycles. The first-order valence-electron chi connectivity index (χ1n) is 13.6. The highest BCUT2D eigenvalue weighted by atomic mass is 16.5. The molecule has 4 aromatic rings. The van der Waals surface area contributed by atoms with Crippen LogP contribution in [-0.4, -0.2) is 31.9 Å². The third-order valence-electron chi connectivity index (χ3n) is 9.06. The third-order valence-corrected chi connectivity index (χ3v) is 9.06. The number of ether oxygens (including phenoxy) is 2. The van der Waals surface area contributed by atoms with Crippen molar-refractivity contribution in [3.63, 3.8) is 0 Å². The fourth-order valence-electron chi connectivity index (χ4n) is 7.30. The largest absolute Gasteiger partial charge is 0.497 e. The number of benzene rings is 4. The van der Waals surface area contributed by atoms with Gasteiger partial charge in [0.2, 0.25) is 11.8 Å². The van der Waals surface area contributed by atoms with Crippen LogP contribution in [0.2, 0.25) is 0 Å². The number of nitrogens with one attached hydrogen (secondary N) is 1. The number of hydrogen-bond acceptors (Lipinski definition) is 5. The smallest absolute Gasteiger partial charge is 0.257 e. The Morgan fingerprint density at radius 2 is 1.41 bits per heavy atom. The predicted octanol–water partition coefficient (Wildman–Crippen LogP) is 5.74. The highest BCUT2D eigenvalue weighted by Gasteiger charge is 2.69. The van der Waals surface area contributed by atoms with E-state index in [9.17, 15) is 14.4 Å². The fourth-order valence-corrected chi connectivity index (χ4v) is 7.30. The molecule has 0 unspecified atom stereocenters. The lowest BCUT2D eigenvalue weighted by molar-refractivity contribution is -0.128. The molecule has 2 atom stereocenters. The predicted molar refractivity (Wildman–Crippen MR) is 155 cm³/mol. The van der Waals surface area contributed by atoms with Gasteiger partial charge in [0.15, 0.2) is 0 Å². The van der Waals surface area contributed by atoms with Crippen molar-refractivity contribution < 1.29 is 23.9 Å². The van der Waals surface area contributed by atoms with Gasteiger partial charge in [-0.3, -0.25) is 14.4 Å². The van der Waals surface area contributed by atoms with E-state index in [4.69, 9.17) is 9.47 Å². The first-order chi connectivity index (χ1) is 19.9. The second-order valence-electron chi connectivity index (χ2n) is 10.9. The van der Waals surface area contributed by atoms with Crippen molar-refractivity contribution in [3.05, 3.63) is 119 Å². The Morgan fingerprint density at radius 3 is 2.05 bits per heavy atom. The molecule has 1 fully saturated rings. The summed E-state index contributed by atoms with van der Waals surface area (Å²) in [6, 6.07) is 28.1. The van der Waals surface area contributed by atoms with Gasteiger partial charge in [-0.25, -0.2) is 4.90 Å². The molecule has 1 heterocycles. The first kappa shape index (κ1) is 25.1. The van der Waals surface area contributed by atoms with Gasteiger partial charge in [-0.1, -0.05) is 60.7 Å². The maximum Gasteiger partial charge on any atom is 0.257 e. The van der Waals surface area contributed by atoms with Gasteiger partial charge in [0, 0.05) is 17.9 Å². The zero-order chi connectivity index (χ0) is 28.5. The van der Waals surface area contributed by atoms with Crippen molar-refractivity contribution in [2.45, 2.75) is 18.8 Å². The molecule has 1 saturated heterocycles. The van der Waals surface area contributed by atoms with E-state index in [0.29, 0.717) is 17.2 Å². The van der Waals surface area contributed by atoms with Crippen LogP contribution in [0.5, 0.6) is 11.5 Å². The maximum absolute atomic E-state index is 14.5. The molecule has 1 N–H and O–H groups in total. The van der Waals surface area contributed by atoms with Crippen molar-refractivity contribution in [3.8, 4) is 11.5 Å². The zero-order valence-electron chi connectivity index (χ0n) is 22.9. The van der Waals surface area contributed by atoms with E-state index in [-0.39, 0.29) is 34.9 Å². The second kappa shape index (κ2) is 9.06. The van der Waals surface area contributed by atoms with E-state index in [1.807, 2.05) is 31.2 Å². The summed E-state index contributed by atoms with van der Waals surface area (Å²) in [5.41, 5.74) is 4.32. The number of carbonyl (C=O) groups is 3. The molecule has 204 valence electrons. The SMILES string of the molecule is COc1ccc(NC(=O)c2ccccc2N2C(=O)[C@H]3C4c5ccccc5C(c5ccccc54)[C@@]3(C)C2=O)c(OC)c1. The molecular weight excluding hydrogens is 516 g/mol. The average molecular weight is 545 g/mol. The van der Waals surface area contributed by atoms with Gasteiger partial charge in [-0.2, -0.15) is 0 Å². The van der Waals surface area contributed by atoms with Gasteiger partial charge < -0.3 is 14.8 Å². The van der Waals surface area contributed by atoms with Crippen LogP contribution in [0.3, 0.4) is 0 Å². The Balaban J connectivity index is 1.32. The number of imide groups is 1. The zero-order valence-corrected chi connectivity index (χ0v) is 22.9. The number of rotatable bonds is 5. The van der Waals surface area contributed by atoms with Gasteiger partial charge >= 0.3 is 0 Å². The number of nitrogens with zero attached hydrogens (tertiary/aromatic N) is 1. The Bertz CT molecular complexity index is 1720. The summed E-state index contributed by atoms with van der Waals surface area (Å²) in [4.78, 5) is 43.9. The molecule has 7 nitrogen and oxygen atoms in total. The van der Waals surface area contributed by atoms with Crippen LogP contribution in [0.1, 0.15) is 51.4 Å². The molecule has 0 radical (unpaired) electrons. The van der Waals surface area contributed by atoms with Crippen molar-refractivity contribution in [2.75, 3.05) is 24.4 Å². The van der Waals surface area contributed by atoms with Crippen LogP contribution in [0.25, 0.3) is 0 Å². The molecule has 2 bridgehead atoms. The monoisotopic (exact) mass is 544 g/mol. The van der Waals surface area contributed by atoms with Gasteiger partial charge in [0.05, 0.1) is 42.5 Å². The van der Waals surface area contributed by atoms with Crippen LogP contribution in [0.15, 0.2) is 91.0 Å². The number of carbonyl (C=O) groups excluding carboxylic acids is 3. The maximum atomic E-state index is 14.5. The molecule has 3 amide bonds. The van der Waals surface area contributed by atoms with Crippen molar-refractivity contribution in [1.82, 2.24) is 0 Å². The molecule has 0 spiro atoms.